The first-order valence-electron chi connectivity index (χ1n) is 11.7. The zero-order valence-electron chi connectivity index (χ0n) is 20.5. The Kier molecular flexibility index (Phi) is 6.65. The first kappa shape index (κ1) is 25.1. The number of pyridine rings is 2. The van der Waals surface area contributed by atoms with Crippen LogP contribution in [0.4, 0.5) is 5.69 Å². The molecule has 0 atom stereocenters. The standard InChI is InChI=1S/C30H22BrN3O4/c1-17-26(23-16-20(31)11-13-25(23)32-27(17)18-7-4-3-5-8-18)28(35)33-24-12-10-19(30(37)38)15-22(24)21-9-6-14-34(2)29(21)36/h3-16H,1-2H3,(H,33,35)(H,37,38). The Hall–Kier alpha value is -4.56. The fourth-order valence-electron chi connectivity index (χ4n) is 4.50. The number of carboxylic acids is 1. The van der Waals surface area contributed by atoms with Gasteiger partial charge in [0.05, 0.1) is 22.3 Å². The quantitative estimate of drug-likeness (QED) is 0.260. The lowest BCUT2D eigenvalue weighted by molar-refractivity contribution is 0.0696. The third kappa shape index (κ3) is 4.62. The number of carbonyl (C=O) groups is 2. The number of carbonyl (C=O) groups excluding carboxylic acids is 1. The SMILES string of the molecule is Cc1c(-c2ccccc2)nc2ccc(Br)cc2c1C(=O)Nc1ccc(C(=O)O)cc1-c1cccn(C)c1=O. The summed E-state index contributed by atoms with van der Waals surface area (Å²) in [4.78, 5) is 43.4. The van der Waals surface area contributed by atoms with E-state index < -0.39 is 11.9 Å². The van der Waals surface area contributed by atoms with Crippen molar-refractivity contribution in [1.82, 2.24) is 9.55 Å². The van der Waals surface area contributed by atoms with E-state index in [4.69, 9.17) is 4.98 Å². The molecule has 5 rings (SSSR count). The van der Waals surface area contributed by atoms with Crippen LogP contribution in [0, 0.1) is 6.92 Å². The van der Waals surface area contributed by atoms with Gasteiger partial charge in [0.2, 0.25) is 0 Å². The number of halogens is 1. The molecule has 2 N–H and O–H groups in total. The zero-order valence-corrected chi connectivity index (χ0v) is 22.1. The molecule has 0 fully saturated rings. The summed E-state index contributed by atoms with van der Waals surface area (Å²) in [5.74, 6) is -1.53. The number of fused-ring (bicyclic) bond motifs is 1. The number of rotatable bonds is 5. The van der Waals surface area contributed by atoms with Gasteiger partial charge in [0, 0.05) is 45.5 Å². The molecule has 0 spiro atoms. The fourth-order valence-corrected chi connectivity index (χ4v) is 4.86. The molecule has 0 aliphatic heterocycles. The molecule has 0 radical (unpaired) electrons. The van der Waals surface area contributed by atoms with E-state index >= 15 is 0 Å². The molecule has 0 bridgehead atoms. The summed E-state index contributed by atoms with van der Waals surface area (Å²) in [5.41, 5.74) is 3.95. The molecular weight excluding hydrogens is 546 g/mol. The predicted octanol–water partition coefficient (Wildman–Crippen LogP) is 6.29. The highest BCUT2D eigenvalue weighted by molar-refractivity contribution is 9.10. The number of aryl methyl sites for hydroxylation is 1. The molecule has 3 aromatic carbocycles. The second kappa shape index (κ2) is 10.1. The molecule has 7 nitrogen and oxygen atoms in total. The van der Waals surface area contributed by atoms with Crippen LogP contribution >= 0.6 is 15.9 Å². The van der Waals surface area contributed by atoms with Crippen molar-refractivity contribution in [2.24, 2.45) is 7.05 Å². The fraction of sp³-hybridized carbons (Fsp3) is 0.0667. The van der Waals surface area contributed by atoms with Crippen LogP contribution in [0.3, 0.4) is 0 Å². The number of nitrogens with zero attached hydrogens (tertiary/aromatic N) is 2. The molecular formula is C30H22BrN3O4. The molecule has 8 heteroatoms. The van der Waals surface area contributed by atoms with E-state index in [1.54, 1.807) is 25.4 Å². The smallest absolute Gasteiger partial charge is 0.335 e. The molecule has 2 aromatic heterocycles. The zero-order chi connectivity index (χ0) is 27.0. The summed E-state index contributed by atoms with van der Waals surface area (Å²) in [6.45, 7) is 1.85. The summed E-state index contributed by atoms with van der Waals surface area (Å²) in [7, 11) is 1.61. The van der Waals surface area contributed by atoms with Gasteiger partial charge < -0.3 is 15.0 Å². The Morgan fingerprint density at radius 2 is 1.71 bits per heavy atom. The van der Waals surface area contributed by atoms with Gasteiger partial charge in [0.1, 0.15) is 0 Å². The number of benzene rings is 3. The van der Waals surface area contributed by atoms with Crippen LogP contribution < -0.4 is 10.9 Å². The summed E-state index contributed by atoms with van der Waals surface area (Å²) in [5, 5.41) is 13.2. The molecule has 1 amide bonds. The van der Waals surface area contributed by atoms with Gasteiger partial charge in [-0.05, 0) is 61.0 Å². The average molecular weight is 568 g/mol. The van der Waals surface area contributed by atoms with Gasteiger partial charge in [-0.25, -0.2) is 9.78 Å². The van der Waals surface area contributed by atoms with E-state index in [0.29, 0.717) is 39.0 Å². The molecule has 0 unspecified atom stereocenters. The van der Waals surface area contributed by atoms with Crippen LogP contribution in [-0.4, -0.2) is 26.5 Å². The van der Waals surface area contributed by atoms with Crippen LogP contribution in [0.2, 0.25) is 0 Å². The highest BCUT2D eigenvalue weighted by Gasteiger charge is 2.22. The lowest BCUT2D eigenvalue weighted by Crippen LogP contribution is -2.20. The molecule has 0 saturated heterocycles. The first-order chi connectivity index (χ1) is 18.2. The number of hydrogen-bond acceptors (Lipinski definition) is 4. The number of hydrogen-bond donors (Lipinski definition) is 2. The Balaban J connectivity index is 1.69. The van der Waals surface area contributed by atoms with Crippen molar-refractivity contribution >= 4 is 44.4 Å². The molecule has 0 aliphatic carbocycles. The van der Waals surface area contributed by atoms with Crippen molar-refractivity contribution in [3.05, 3.63) is 117 Å². The maximum atomic E-state index is 13.9. The largest absolute Gasteiger partial charge is 0.478 e. The Bertz CT molecular complexity index is 1800. The maximum absolute atomic E-state index is 13.9. The second-order valence-electron chi connectivity index (χ2n) is 8.85. The lowest BCUT2D eigenvalue weighted by Gasteiger charge is -2.17. The van der Waals surface area contributed by atoms with Gasteiger partial charge >= 0.3 is 5.97 Å². The molecule has 0 aliphatic rings. The summed E-state index contributed by atoms with van der Waals surface area (Å²) in [6.07, 6.45) is 1.61. The van der Waals surface area contributed by atoms with Gasteiger partial charge in [0.15, 0.2) is 0 Å². The van der Waals surface area contributed by atoms with Crippen molar-refractivity contribution in [2.75, 3.05) is 5.32 Å². The summed E-state index contributed by atoms with van der Waals surface area (Å²) < 4.78 is 2.20. The van der Waals surface area contributed by atoms with Crippen LogP contribution in [0.5, 0.6) is 0 Å². The van der Waals surface area contributed by atoms with Crippen molar-refractivity contribution in [1.29, 1.82) is 0 Å². The minimum absolute atomic E-state index is 0.00439. The molecule has 38 heavy (non-hydrogen) atoms. The number of amides is 1. The van der Waals surface area contributed by atoms with Crippen molar-refractivity contribution in [2.45, 2.75) is 6.92 Å². The monoisotopic (exact) mass is 567 g/mol. The number of carboxylic acid groups (broad SMARTS) is 1. The van der Waals surface area contributed by atoms with Gasteiger partial charge in [-0.1, -0.05) is 46.3 Å². The normalized spacial score (nSPS) is 10.9. The van der Waals surface area contributed by atoms with Gasteiger partial charge in [-0.2, -0.15) is 0 Å². The van der Waals surface area contributed by atoms with Crippen LogP contribution in [-0.2, 0) is 7.05 Å². The van der Waals surface area contributed by atoms with E-state index in [2.05, 4.69) is 21.2 Å². The van der Waals surface area contributed by atoms with E-state index in [9.17, 15) is 19.5 Å². The van der Waals surface area contributed by atoms with Crippen molar-refractivity contribution < 1.29 is 14.7 Å². The lowest BCUT2D eigenvalue weighted by atomic mass is 9.96. The van der Waals surface area contributed by atoms with Gasteiger partial charge in [0.25, 0.3) is 11.5 Å². The maximum Gasteiger partial charge on any atom is 0.335 e. The Labute approximate surface area is 226 Å². The number of aromatic carboxylic acids is 1. The van der Waals surface area contributed by atoms with Crippen molar-refractivity contribution in [3.63, 3.8) is 0 Å². The first-order valence-corrected chi connectivity index (χ1v) is 12.5. The van der Waals surface area contributed by atoms with Crippen LogP contribution in [0.15, 0.2) is 94.3 Å². The minimum atomic E-state index is -1.13. The number of aromatic nitrogens is 2. The summed E-state index contributed by atoms with van der Waals surface area (Å²) >= 11 is 3.50. The minimum Gasteiger partial charge on any atom is -0.478 e. The van der Waals surface area contributed by atoms with Crippen molar-refractivity contribution in [3.8, 4) is 22.4 Å². The number of nitrogens with one attached hydrogen (secondary N) is 1. The van der Waals surface area contributed by atoms with E-state index in [0.717, 1.165) is 10.0 Å². The average Bonchev–Trinajstić information content (AvgIpc) is 2.90. The molecule has 2 heterocycles. The highest BCUT2D eigenvalue weighted by Crippen LogP contribution is 2.33. The van der Waals surface area contributed by atoms with E-state index in [1.165, 1.54) is 22.8 Å². The Morgan fingerprint density at radius 1 is 0.947 bits per heavy atom. The van der Waals surface area contributed by atoms with Crippen LogP contribution in [0.25, 0.3) is 33.3 Å². The molecule has 188 valence electrons. The second-order valence-corrected chi connectivity index (χ2v) is 9.76. The van der Waals surface area contributed by atoms with Gasteiger partial charge in [-0.3, -0.25) is 9.59 Å². The highest BCUT2D eigenvalue weighted by atomic mass is 79.9. The Morgan fingerprint density at radius 3 is 2.45 bits per heavy atom. The topological polar surface area (TPSA) is 101 Å². The third-order valence-electron chi connectivity index (χ3n) is 6.39. The van der Waals surface area contributed by atoms with E-state index in [-0.39, 0.29) is 16.7 Å². The summed E-state index contributed by atoms with van der Waals surface area (Å²) in [6, 6.07) is 22.8. The van der Waals surface area contributed by atoms with Crippen LogP contribution in [0.1, 0.15) is 26.3 Å². The number of anilines is 1. The predicted molar refractivity (Wildman–Crippen MR) is 152 cm³/mol. The molecule has 5 aromatic rings. The third-order valence-corrected chi connectivity index (χ3v) is 6.89. The van der Waals surface area contributed by atoms with E-state index in [1.807, 2.05) is 55.5 Å². The van der Waals surface area contributed by atoms with Gasteiger partial charge in [-0.15, -0.1) is 0 Å². The molecule has 0 saturated carbocycles.